The average molecular weight is 528 g/mol. The standard InChI is InChI=1S/C25H22BrN9/c1-2-3-10-20-28-19-9-6-13-27-25(19)35(20)15-16-11-12-21-29-22(23(26)34(21)14-16)17-7-4-5-8-18(17)24-30-32-33-31-24/h4-9,11-14H,2-3,10,15H2,1H3,(H,30,31,32,33). The number of imidazole rings is 2. The highest BCUT2D eigenvalue weighted by atomic mass is 79.9. The molecule has 6 aromatic rings. The highest BCUT2D eigenvalue weighted by Crippen LogP contribution is 2.35. The van der Waals surface area contributed by atoms with Crippen molar-refractivity contribution in [1.82, 2.24) is 44.5 Å². The average Bonchev–Trinajstić information content (AvgIpc) is 3.62. The Labute approximate surface area is 209 Å². The van der Waals surface area contributed by atoms with Crippen LogP contribution in [0.4, 0.5) is 0 Å². The van der Waals surface area contributed by atoms with Crippen molar-refractivity contribution in [3.05, 3.63) is 76.9 Å². The van der Waals surface area contributed by atoms with E-state index in [0.717, 1.165) is 68.9 Å². The number of benzene rings is 1. The van der Waals surface area contributed by atoms with Crippen LogP contribution in [0.2, 0.25) is 0 Å². The number of unbranched alkanes of at least 4 members (excludes halogenated alkanes) is 1. The first-order chi connectivity index (χ1) is 17.2. The van der Waals surface area contributed by atoms with Crippen molar-refractivity contribution in [3.63, 3.8) is 0 Å². The maximum absolute atomic E-state index is 4.90. The van der Waals surface area contributed by atoms with Gasteiger partial charge in [0.1, 0.15) is 27.3 Å². The summed E-state index contributed by atoms with van der Waals surface area (Å²) in [5.41, 5.74) is 6.44. The Morgan fingerprint density at radius 3 is 2.71 bits per heavy atom. The number of halogens is 1. The van der Waals surface area contributed by atoms with Crippen molar-refractivity contribution in [1.29, 1.82) is 0 Å². The predicted molar refractivity (Wildman–Crippen MR) is 137 cm³/mol. The lowest BCUT2D eigenvalue weighted by molar-refractivity contribution is 0.685. The van der Waals surface area contributed by atoms with Gasteiger partial charge in [-0.25, -0.2) is 15.0 Å². The lowest BCUT2D eigenvalue weighted by Gasteiger charge is -2.09. The number of hydrogen-bond acceptors (Lipinski definition) is 6. The smallest absolute Gasteiger partial charge is 0.205 e. The van der Waals surface area contributed by atoms with Crippen molar-refractivity contribution in [2.24, 2.45) is 0 Å². The quantitative estimate of drug-likeness (QED) is 0.310. The summed E-state index contributed by atoms with van der Waals surface area (Å²) in [5.74, 6) is 1.60. The van der Waals surface area contributed by atoms with Gasteiger partial charge in [-0.3, -0.25) is 4.40 Å². The van der Waals surface area contributed by atoms with E-state index in [1.54, 1.807) is 0 Å². The highest BCUT2D eigenvalue weighted by molar-refractivity contribution is 9.10. The van der Waals surface area contributed by atoms with Gasteiger partial charge in [-0.15, -0.1) is 10.2 Å². The second-order valence-electron chi connectivity index (χ2n) is 8.36. The Bertz CT molecular complexity index is 1630. The predicted octanol–water partition coefficient (Wildman–Crippen LogP) is 5.08. The van der Waals surface area contributed by atoms with E-state index in [2.05, 4.69) is 69.7 Å². The van der Waals surface area contributed by atoms with E-state index in [0.29, 0.717) is 12.4 Å². The molecule has 0 saturated carbocycles. The molecule has 6 rings (SSSR count). The number of H-pyrrole nitrogens is 1. The van der Waals surface area contributed by atoms with Gasteiger partial charge in [-0.2, -0.15) is 5.21 Å². The van der Waals surface area contributed by atoms with E-state index < -0.39 is 0 Å². The lowest BCUT2D eigenvalue weighted by Crippen LogP contribution is -2.07. The number of hydrogen-bond donors (Lipinski definition) is 1. The number of nitrogens with zero attached hydrogens (tertiary/aromatic N) is 8. The zero-order chi connectivity index (χ0) is 23.8. The molecule has 0 radical (unpaired) electrons. The number of fused-ring (bicyclic) bond motifs is 2. The molecule has 35 heavy (non-hydrogen) atoms. The third-order valence-corrected chi connectivity index (χ3v) is 6.83. The minimum absolute atomic E-state index is 0.532. The van der Waals surface area contributed by atoms with Gasteiger partial charge >= 0.3 is 0 Å². The molecular formula is C25H22BrN9. The summed E-state index contributed by atoms with van der Waals surface area (Å²) in [7, 11) is 0. The summed E-state index contributed by atoms with van der Waals surface area (Å²) in [4.78, 5) is 14.4. The van der Waals surface area contributed by atoms with Crippen molar-refractivity contribution < 1.29 is 0 Å². The Kier molecular flexibility index (Phi) is 5.57. The third-order valence-electron chi connectivity index (χ3n) is 6.07. The maximum atomic E-state index is 4.90. The van der Waals surface area contributed by atoms with Crippen LogP contribution >= 0.6 is 15.9 Å². The molecule has 0 aliphatic carbocycles. The number of aryl methyl sites for hydroxylation is 1. The first-order valence-corrected chi connectivity index (χ1v) is 12.3. The molecule has 0 unspecified atom stereocenters. The van der Waals surface area contributed by atoms with Gasteiger partial charge in [0.25, 0.3) is 0 Å². The van der Waals surface area contributed by atoms with Crippen LogP contribution in [0.15, 0.2) is 65.5 Å². The van der Waals surface area contributed by atoms with Gasteiger partial charge in [0.15, 0.2) is 5.65 Å². The van der Waals surface area contributed by atoms with Crippen LogP contribution in [0.1, 0.15) is 31.2 Å². The molecular weight excluding hydrogens is 506 g/mol. The van der Waals surface area contributed by atoms with Gasteiger partial charge in [0.05, 0.1) is 6.54 Å². The molecule has 0 bridgehead atoms. The van der Waals surface area contributed by atoms with Crippen LogP contribution in [-0.4, -0.2) is 44.5 Å². The zero-order valence-corrected chi connectivity index (χ0v) is 20.6. The Morgan fingerprint density at radius 2 is 1.89 bits per heavy atom. The molecule has 5 aromatic heterocycles. The van der Waals surface area contributed by atoms with Crippen LogP contribution in [0.25, 0.3) is 39.5 Å². The Morgan fingerprint density at radius 1 is 1.00 bits per heavy atom. The largest absolute Gasteiger partial charge is 0.308 e. The zero-order valence-electron chi connectivity index (χ0n) is 19.1. The molecule has 10 heteroatoms. The normalized spacial score (nSPS) is 11.6. The van der Waals surface area contributed by atoms with Gasteiger partial charge in [0.2, 0.25) is 5.82 Å². The topological polar surface area (TPSA) is 102 Å². The van der Waals surface area contributed by atoms with Crippen molar-refractivity contribution in [3.8, 4) is 22.6 Å². The fourth-order valence-corrected chi connectivity index (χ4v) is 4.95. The summed E-state index contributed by atoms with van der Waals surface area (Å²) < 4.78 is 5.16. The third kappa shape index (κ3) is 3.89. The minimum Gasteiger partial charge on any atom is -0.308 e. The number of tetrazole rings is 1. The van der Waals surface area contributed by atoms with E-state index in [1.165, 1.54) is 0 Å². The molecule has 0 atom stereocenters. The maximum Gasteiger partial charge on any atom is 0.205 e. The molecule has 0 aliphatic rings. The van der Waals surface area contributed by atoms with Gasteiger partial charge in [-0.05, 0) is 51.3 Å². The minimum atomic E-state index is 0.532. The molecule has 0 aliphatic heterocycles. The molecule has 9 nitrogen and oxygen atoms in total. The van der Waals surface area contributed by atoms with Crippen molar-refractivity contribution >= 4 is 32.7 Å². The number of aromatic nitrogens is 9. The van der Waals surface area contributed by atoms with E-state index in [-0.39, 0.29) is 0 Å². The summed E-state index contributed by atoms with van der Waals surface area (Å²) >= 11 is 3.79. The molecule has 5 heterocycles. The fourth-order valence-electron chi connectivity index (χ4n) is 4.37. The molecule has 1 aromatic carbocycles. The van der Waals surface area contributed by atoms with Gasteiger partial charge in [-0.1, -0.05) is 43.7 Å². The Hall–Kier alpha value is -3.92. The molecule has 0 amide bonds. The molecule has 1 N–H and O–H groups in total. The van der Waals surface area contributed by atoms with Crippen LogP contribution in [0.3, 0.4) is 0 Å². The van der Waals surface area contributed by atoms with E-state index >= 15 is 0 Å². The lowest BCUT2D eigenvalue weighted by atomic mass is 10.0. The van der Waals surface area contributed by atoms with Gasteiger partial charge in [0, 0.05) is 29.9 Å². The van der Waals surface area contributed by atoms with Crippen LogP contribution in [0.5, 0.6) is 0 Å². The van der Waals surface area contributed by atoms with Crippen molar-refractivity contribution in [2.75, 3.05) is 0 Å². The van der Waals surface area contributed by atoms with Crippen LogP contribution in [0, 0.1) is 0 Å². The van der Waals surface area contributed by atoms with E-state index in [4.69, 9.17) is 9.97 Å². The SMILES string of the molecule is CCCCc1nc2cccnc2n1Cc1ccc2nc(-c3ccccc3-c3nn[nH]n3)c(Br)n2c1. The fraction of sp³-hybridized carbons (Fsp3) is 0.200. The number of nitrogens with one attached hydrogen (secondary N) is 1. The molecule has 0 fully saturated rings. The van der Waals surface area contributed by atoms with Gasteiger partial charge < -0.3 is 4.57 Å². The van der Waals surface area contributed by atoms with E-state index in [1.807, 2.05) is 48.7 Å². The number of aromatic amines is 1. The highest BCUT2D eigenvalue weighted by Gasteiger charge is 2.18. The molecule has 0 saturated heterocycles. The second-order valence-corrected chi connectivity index (χ2v) is 9.11. The summed E-state index contributed by atoms with van der Waals surface area (Å²) in [6.07, 6.45) is 7.09. The molecule has 0 spiro atoms. The summed E-state index contributed by atoms with van der Waals surface area (Å²) in [6.45, 7) is 2.88. The summed E-state index contributed by atoms with van der Waals surface area (Å²) in [6, 6.07) is 16.0. The first-order valence-electron chi connectivity index (χ1n) is 11.5. The number of rotatable bonds is 7. The second kappa shape index (κ2) is 9.03. The Balaban J connectivity index is 1.41. The monoisotopic (exact) mass is 527 g/mol. The number of pyridine rings is 2. The first kappa shape index (κ1) is 21.6. The van der Waals surface area contributed by atoms with Crippen LogP contribution in [-0.2, 0) is 13.0 Å². The van der Waals surface area contributed by atoms with Crippen molar-refractivity contribution in [2.45, 2.75) is 32.7 Å². The van der Waals surface area contributed by atoms with E-state index in [9.17, 15) is 0 Å². The molecule has 174 valence electrons. The summed E-state index contributed by atoms with van der Waals surface area (Å²) in [5, 5.41) is 14.5. The van der Waals surface area contributed by atoms with Crippen LogP contribution < -0.4 is 0 Å².